The number of benzene rings is 1. The first-order valence-electron chi connectivity index (χ1n) is 3.84. The maximum Gasteiger partial charge on any atom is 0.310 e. The van der Waals surface area contributed by atoms with E-state index in [2.05, 4.69) is 4.74 Å². The van der Waals surface area contributed by atoms with Gasteiger partial charge in [-0.1, -0.05) is 0 Å². The smallest absolute Gasteiger partial charge is 0.310 e. The predicted molar refractivity (Wildman–Crippen MR) is 46.5 cm³/mol. The van der Waals surface area contributed by atoms with Crippen molar-refractivity contribution in [2.45, 2.75) is 6.42 Å². The third kappa shape index (κ3) is 2.18. The van der Waals surface area contributed by atoms with Crippen LogP contribution >= 0.6 is 0 Å². The van der Waals surface area contributed by atoms with Gasteiger partial charge in [-0.3, -0.25) is 4.79 Å². The quantitative estimate of drug-likeness (QED) is 0.579. The lowest BCUT2D eigenvalue weighted by Gasteiger charge is -2.04. The largest absolute Gasteiger partial charge is 0.469 e. The van der Waals surface area contributed by atoms with Crippen molar-refractivity contribution in [2.75, 3.05) is 12.8 Å². The second-order valence-corrected chi connectivity index (χ2v) is 2.72. The van der Waals surface area contributed by atoms with Crippen LogP contribution in [0.1, 0.15) is 5.56 Å². The van der Waals surface area contributed by atoms with E-state index in [0.29, 0.717) is 6.07 Å². The molecule has 0 atom stereocenters. The molecule has 2 N–H and O–H groups in total. The Balaban J connectivity index is 2.98. The van der Waals surface area contributed by atoms with Crippen LogP contribution in [0.15, 0.2) is 12.1 Å². The van der Waals surface area contributed by atoms with Gasteiger partial charge in [-0.25, -0.2) is 8.78 Å². The lowest BCUT2D eigenvalue weighted by atomic mass is 10.1. The first kappa shape index (κ1) is 10.4. The van der Waals surface area contributed by atoms with Crippen LogP contribution in [0.2, 0.25) is 0 Å². The number of halogens is 2. The Morgan fingerprint density at radius 1 is 1.43 bits per heavy atom. The molecule has 3 nitrogen and oxygen atoms in total. The monoisotopic (exact) mass is 201 g/mol. The molecule has 0 aliphatic rings. The van der Waals surface area contributed by atoms with Gasteiger partial charge >= 0.3 is 5.97 Å². The van der Waals surface area contributed by atoms with E-state index < -0.39 is 17.6 Å². The number of hydrogen-bond acceptors (Lipinski definition) is 3. The first-order chi connectivity index (χ1) is 6.54. The molecule has 14 heavy (non-hydrogen) atoms. The van der Waals surface area contributed by atoms with E-state index in [1.54, 1.807) is 0 Å². The lowest BCUT2D eigenvalue weighted by Crippen LogP contribution is -2.07. The third-order valence-electron chi connectivity index (χ3n) is 1.73. The van der Waals surface area contributed by atoms with Crippen molar-refractivity contribution in [1.82, 2.24) is 0 Å². The summed E-state index contributed by atoms with van der Waals surface area (Å²) in [6.07, 6.45) is -0.257. The fourth-order valence-corrected chi connectivity index (χ4v) is 0.976. The zero-order chi connectivity index (χ0) is 10.7. The van der Waals surface area contributed by atoms with Crippen LogP contribution in [-0.4, -0.2) is 13.1 Å². The second-order valence-electron chi connectivity index (χ2n) is 2.72. The minimum Gasteiger partial charge on any atom is -0.469 e. The summed E-state index contributed by atoms with van der Waals surface area (Å²) in [5.41, 5.74) is 5.05. The maximum absolute atomic E-state index is 13.0. The van der Waals surface area contributed by atoms with Crippen molar-refractivity contribution in [3.63, 3.8) is 0 Å². The molecular formula is C9H9F2NO2. The van der Waals surface area contributed by atoms with Gasteiger partial charge in [0, 0.05) is 11.6 Å². The van der Waals surface area contributed by atoms with Gasteiger partial charge in [0.25, 0.3) is 0 Å². The number of ether oxygens (including phenoxy) is 1. The minimum absolute atomic E-state index is 0.0238. The number of carbonyl (C=O) groups excluding carboxylic acids is 1. The lowest BCUT2D eigenvalue weighted by molar-refractivity contribution is -0.139. The van der Waals surface area contributed by atoms with Crippen molar-refractivity contribution in [3.8, 4) is 0 Å². The topological polar surface area (TPSA) is 52.3 Å². The van der Waals surface area contributed by atoms with Crippen molar-refractivity contribution in [3.05, 3.63) is 29.3 Å². The van der Waals surface area contributed by atoms with Crippen LogP contribution in [0, 0.1) is 11.6 Å². The molecule has 0 radical (unpaired) electrons. The highest BCUT2D eigenvalue weighted by Gasteiger charge is 2.11. The summed E-state index contributed by atoms with van der Waals surface area (Å²) >= 11 is 0. The summed E-state index contributed by atoms with van der Waals surface area (Å²) in [5.74, 6) is -2.24. The highest BCUT2D eigenvalue weighted by molar-refractivity contribution is 5.72. The summed E-state index contributed by atoms with van der Waals surface area (Å²) in [6, 6.07) is 1.73. The summed E-state index contributed by atoms with van der Waals surface area (Å²) in [6.45, 7) is 0. The number of hydrogen-bond donors (Lipinski definition) is 1. The Bertz CT molecular complexity index is 366. The average Bonchev–Trinajstić information content (AvgIpc) is 2.14. The standard InChI is InChI=1S/C9H9F2NO2/c1-14-9(13)3-5-2-8(12)7(11)4-6(5)10/h2,4H,3,12H2,1H3. The maximum atomic E-state index is 13.0. The van der Waals surface area contributed by atoms with Crippen LogP contribution in [0.4, 0.5) is 14.5 Å². The fourth-order valence-electron chi connectivity index (χ4n) is 0.976. The van der Waals surface area contributed by atoms with Gasteiger partial charge in [0.2, 0.25) is 0 Å². The molecule has 0 fully saturated rings. The van der Waals surface area contributed by atoms with Gasteiger partial charge in [0.15, 0.2) is 0 Å². The number of methoxy groups -OCH3 is 1. The van der Waals surface area contributed by atoms with E-state index in [-0.39, 0.29) is 17.7 Å². The number of anilines is 1. The van der Waals surface area contributed by atoms with Crippen LogP contribution in [0.5, 0.6) is 0 Å². The summed E-state index contributed by atoms with van der Waals surface area (Å²) in [5, 5.41) is 0. The molecule has 0 spiro atoms. The molecule has 0 heterocycles. The summed E-state index contributed by atoms with van der Waals surface area (Å²) < 4.78 is 30.1. The van der Waals surface area contributed by atoms with Crippen LogP contribution in [0.25, 0.3) is 0 Å². The van der Waals surface area contributed by atoms with Gasteiger partial charge < -0.3 is 10.5 Å². The van der Waals surface area contributed by atoms with E-state index in [0.717, 1.165) is 6.07 Å². The van der Waals surface area contributed by atoms with Gasteiger partial charge in [0.05, 0.1) is 19.2 Å². The number of nitrogens with two attached hydrogens (primary N) is 1. The summed E-state index contributed by atoms with van der Waals surface area (Å²) in [7, 11) is 1.19. The Kier molecular flexibility index (Phi) is 3.01. The molecule has 0 aromatic heterocycles. The molecule has 0 saturated carbocycles. The van der Waals surface area contributed by atoms with E-state index in [1.807, 2.05) is 0 Å². The van der Waals surface area contributed by atoms with Crippen molar-refractivity contribution in [1.29, 1.82) is 0 Å². The van der Waals surface area contributed by atoms with Gasteiger partial charge in [-0.15, -0.1) is 0 Å². The van der Waals surface area contributed by atoms with Crippen LogP contribution < -0.4 is 5.73 Å². The Hall–Kier alpha value is -1.65. The summed E-state index contributed by atoms with van der Waals surface area (Å²) in [4.78, 5) is 10.8. The molecule has 0 bridgehead atoms. The molecule has 0 unspecified atom stereocenters. The SMILES string of the molecule is COC(=O)Cc1cc(N)c(F)cc1F. The van der Waals surface area contributed by atoms with E-state index in [1.165, 1.54) is 7.11 Å². The number of esters is 1. The molecule has 5 heteroatoms. The van der Waals surface area contributed by atoms with E-state index in [4.69, 9.17) is 5.73 Å². The molecular weight excluding hydrogens is 192 g/mol. The minimum atomic E-state index is -0.837. The molecule has 0 aliphatic carbocycles. The van der Waals surface area contributed by atoms with Gasteiger partial charge in [-0.05, 0) is 6.07 Å². The highest BCUT2D eigenvalue weighted by atomic mass is 19.1. The third-order valence-corrected chi connectivity index (χ3v) is 1.73. The van der Waals surface area contributed by atoms with Gasteiger partial charge in [0.1, 0.15) is 11.6 Å². The Labute approximate surface area is 79.5 Å². The molecule has 0 aliphatic heterocycles. The highest BCUT2D eigenvalue weighted by Crippen LogP contribution is 2.17. The van der Waals surface area contributed by atoms with Gasteiger partial charge in [-0.2, -0.15) is 0 Å². The molecule has 1 aromatic rings. The van der Waals surface area contributed by atoms with Crippen molar-refractivity contribution < 1.29 is 18.3 Å². The molecule has 0 saturated heterocycles. The van der Waals surface area contributed by atoms with Crippen molar-refractivity contribution >= 4 is 11.7 Å². The Morgan fingerprint density at radius 2 is 2.07 bits per heavy atom. The molecule has 1 aromatic carbocycles. The zero-order valence-corrected chi connectivity index (χ0v) is 7.51. The van der Waals surface area contributed by atoms with Crippen LogP contribution in [0.3, 0.4) is 0 Å². The number of nitrogen functional groups attached to an aromatic ring is 1. The average molecular weight is 201 g/mol. The molecule has 1 rings (SSSR count). The number of carbonyl (C=O) groups is 1. The van der Waals surface area contributed by atoms with Crippen LogP contribution in [-0.2, 0) is 16.0 Å². The fraction of sp³-hybridized carbons (Fsp3) is 0.222. The first-order valence-corrected chi connectivity index (χ1v) is 3.84. The predicted octanol–water partition coefficient (Wildman–Crippen LogP) is 1.26. The number of rotatable bonds is 2. The Morgan fingerprint density at radius 3 is 2.64 bits per heavy atom. The van der Waals surface area contributed by atoms with E-state index >= 15 is 0 Å². The second kappa shape index (κ2) is 4.04. The van der Waals surface area contributed by atoms with Crippen molar-refractivity contribution in [2.24, 2.45) is 0 Å². The molecule has 76 valence electrons. The molecule has 0 amide bonds. The van der Waals surface area contributed by atoms with E-state index in [9.17, 15) is 13.6 Å². The zero-order valence-electron chi connectivity index (χ0n) is 7.51. The normalized spacial score (nSPS) is 9.93.